The summed E-state index contributed by atoms with van der Waals surface area (Å²) in [6, 6.07) is 4.86. The summed E-state index contributed by atoms with van der Waals surface area (Å²) in [5, 5.41) is 4.02. The lowest BCUT2D eigenvalue weighted by Crippen LogP contribution is -2.58. The number of amides is 2. The Morgan fingerprint density at radius 2 is 1.80 bits per heavy atom. The molecular weight excluding hydrogens is 423 g/mol. The zero-order valence-corrected chi connectivity index (χ0v) is 19.4. The molecule has 2 fully saturated rings. The Labute approximate surface area is 189 Å². The number of carbonyl (C=O) groups is 2. The first-order valence-corrected chi connectivity index (χ1v) is 11.5. The van der Waals surface area contributed by atoms with Gasteiger partial charge in [-0.3, -0.25) is 14.5 Å². The fourth-order valence-electron chi connectivity index (χ4n) is 4.49. The van der Waals surface area contributed by atoms with Gasteiger partial charge in [0.15, 0.2) is 0 Å². The van der Waals surface area contributed by atoms with Gasteiger partial charge in [0, 0.05) is 44.3 Å². The maximum atomic E-state index is 13.0. The first-order chi connectivity index (χ1) is 14.4. The van der Waals surface area contributed by atoms with E-state index in [1.54, 1.807) is 18.2 Å². The number of hydrogen-bond acceptors (Lipinski definition) is 4. The fourth-order valence-corrected chi connectivity index (χ4v) is 4.98. The predicted molar refractivity (Wildman–Crippen MR) is 121 cm³/mol. The third-order valence-corrected chi connectivity index (χ3v) is 6.68. The summed E-state index contributed by atoms with van der Waals surface area (Å²) in [6.07, 6.45) is 4.59. The van der Waals surface area contributed by atoms with Gasteiger partial charge in [-0.15, -0.1) is 0 Å². The van der Waals surface area contributed by atoms with E-state index in [0.717, 1.165) is 19.4 Å². The standard InChI is InChI=1S/C22H32Cl2N4O2/c1-26(2)10-9-25-21(29)20(16-5-3-4-6-16)27-11-13-28(14-12-27)22(30)18-8-7-17(23)15-19(18)24/h7-8,15-16,20H,3-6,9-14H2,1-2H3,(H,25,29). The SMILES string of the molecule is CN(C)CCNC(=O)C(C1CCCC1)N1CCN(C(=O)c2ccc(Cl)cc2Cl)CC1. The topological polar surface area (TPSA) is 55.9 Å². The van der Waals surface area contributed by atoms with Gasteiger partial charge in [0.25, 0.3) is 5.91 Å². The van der Waals surface area contributed by atoms with E-state index in [1.165, 1.54) is 12.8 Å². The quantitative estimate of drug-likeness (QED) is 0.687. The van der Waals surface area contributed by atoms with Gasteiger partial charge in [0.2, 0.25) is 5.91 Å². The molecule has 1 atom stereocenters. The maximum absolute atomic E-state index is 13.0. The predicted octanol–water partition coefficient (Wildman–Crippen LogP) is 2.99. The minimum atomic E-state index is -0.106. The van der Waals surface area contributed by atoms with Crippen LogP contribution in [0.15, 0.2) is 18.2 Å². The van der Waals surface area contributed by atoms with Crippen LogP contribution in [0.5, 0.6) is 0 Å². The van der Waals surface area contributed by atoms with Crippen molar-refractivity contribution in [1.29, 1.82) is 0 Å². The molecule has 0 radical (unpaired) electrons. The number of piperazine rings is 1. The second kappa shape index (κ2) is 10.8. The molecule has 166 valence electrons. The van der Waals surface area contributed by atoms with Crippen LogP contribution in [0.4, 0.5) is 0 Å². The van der Waals surface area contributed by atoms with Gasteiger partial charge in [0.1, 0.15) is 0 Å². The van der Waals surface area contributed by atoms with Crippen molar-refractivity contribution in [3.63, 3.8) is 0 Å². The smallest absolute Gasteiger partial charge is 0.255 e. The molecule has 2 aliphatic rings. The molecule has 2 amide bonds. The normalized spacial score (nSPS) is 19.3. The van der Waals surface area contributed by atoms with E-state index >= 15 is 0 Å². The van der Waals surface area contributed by atoms with E-state index in [-0.39, 0.29) is 17.9 Å². The minimum absolute atomic E-state index is 0.0795. The Balaban J connectivity index is 1.62. The minimum Gasteiger partial charge on any atom is -0.353 e. The molecule has 1 saturated carbocycles. The average Bonchev–Trinajstić information content (AvgIpc) is 3.22. The molecule has 1 aromatic rings. The lowest BCUT2D eigenvalue weighted by molar-refractivity contribution is -0.129. The highest BCUT2D eigenvalue weighted by Gasteiger charge is 2.37. The average molecular weight is 455 g/mol. The van der Waals surface area contributed by atoms with Crippen LogP contribution in [0.2, 0.25) is 10.0 Å². The first-order valence-electron chi connectivity index (χ1n) is 10.8. The molecule has 1 aliphatic heterocycles. The third kappa shape index (κ3) is 5.88. The van der Waals surface area contributed by atoms with E-state index in [0.29, 0.717) is 54.3 Å². The van der Waals surface area contributed by atoms with Gasteiger partial charge < -0.3 is 15.1 Å². The van der Waals surface area contributed by atoms with Gasteiger partial charge in [-0.25, -0.2) is 0 Å². The number of nitrogens with zero attached hydrogens (tertiary/aromatic N) is 3. The van der Waals surface area contributed by atoms with Gasteiger partial charge in [-0.05, 0) is 51.1 Å². The van der Waals surface area contributed by atoms with Crippen LogP contribution in [0.3, 0.4) is 0 Å². The molecule has 1 saturated heterocycles. The number of rotatable bonds is 7. The van der Waals surface area contributed by atoms with Crippen LogP contribution in [0.1, 0.15) is 36.0 Å². The lowest BCUT2D eigenvalue weighted by atomic mass is 9.95. The van der Waals surface area contributed by atoms with E-state index in [4.69, 9.17) is 23.2 Å². The van der Waals surface area contributed by atoms with Gasteiger partial charge >= 0.3 is 0 Å². The van der Waals surface area contributed by atoms with Crippen molar-refractivity contribution in [3.8, 4) is 0 Å². The van der Waals surface area contributed by atoms with Crippen LogP contribution in [-0.2, 0) is 4.79 Å². The molecule has 1 aromatic carbocycles. The molecule has 1 unspecified atom stereocenters. The van der Waals surface area contributed by atoms with Crippen LogP contribution >= 0.6 is 23.2 Å². The number of carbonyl (C=O) groups excluding carboxylic acids is 2. The van der Waals surface area contributed by atoms with Crippen LogP contribution in [0, 0.1) is 5.92 Å². The van der Waals surface area contributed by atoms with Crippen molar-refractivity contribution < 1.29 is 9.59 Å². The lowest BCUT2D eigenvalue weighted by Gasteiger charge is -2.41. The molecule has 30 heavy (non-hydrogen) atoms. The summed E-state index contributed by atoms with van der Waals surface area (Å²) in [5.74, 6) is 0.450. The van der Waals surface area contributed by atoms with E-state index in [9.17, 15) is 9.59 Å². The van der Waals surface area contributed by atoms with Crippen LogP contribution < -0.4 is 5.32 Å². The number of nitrogens with one attached hydrogen (secondary N) is 1. The maximum Gasteiger partial charge on any atom is 0.255 e. The van der Waals surface area contributed by atoms with Gasteiger partial charge in [-0.1, -0.05) is 36.0 Å². The third-order valence-electron chi connectivity index (χ3n) is 6.13. The van der Waals surface area contributed by atoms with Crippen molar-refractivity contribution in [1.82, 2.24) is 20.0 Å². The van der Waals surface area contributed by atoms with Crippen molar-refractivity contribution >= 4 is 35.0 Å². The number of hydrogen-bond donors (Lipinski definition) is 1. The summed E-state index contributed by atoms with van der Waals surface area (Å²) in [4.78, 5) is 32.1. The number of halogens is 2. The Bertz CT molecular complexity index is 745. The zero-order valence-electron chi connectivity index (χ0n) is 17.9. The molecule has 1 N–H and O–H groups in total. The van der Waals surface area contributed by atoms with E-state index < -0.39 is 0 Å². The highest BCUT2D eigenvalue weighted by molar-refractivity contribution is 6.36. The molecular formula is C22H32Cl2N4O2. The molecule has 0 spiro atoms. The highest BCUT2D eigenvalue weighted by atomic mass is 35.5. The number of likely N-dealkylation sites (N-methyl/N-ethyl adjacent to an activating group) is 1. The van der Waals surface area contributed by atoms with Crippen molar-refractivity contribution in [2.45, 2.75) is 31.7 Å². The Hall–Kier alpha value is -1.34. The Morgan fingerprint density at radius 3 is 2.40 bits per heavy atom. The van der Waals surface area contributed by atoms with Crippen molar-refractivity contribution in [2.75, 3.05) is 53.4 Å². The summed E-state index contributed by atoms with van der Waals surface area (Å²) in [7, 11) is 4.01. The monoisotopic (exact) mass is 454 g/mol. The summed E-state index contributed by atoms with van der Waals surface area (Å²) in [5.41, 5.74) is 0.475. The molecule has 6 nitrogen and oxygen atoms in total. The second-order valence-corrected chi connectivity index (χ2v) is 9.38. The molecule has 1 heterocycles. The Kier molecular flexibility index (Phi) is 8.40. The number of benzene rings is 1. The largest absolute Gasteiger partial charge is 0.353 e. The molecule has 1 aliphatic carbocycles. The van der Waals surface area contributed by atoms with Crippen molar-refractivity contribution in [2.24, 2.45) is 5.92 Å². The molecule has 0 aromatic heterocycles. The van der Waals surface area contributed by atoms with Crippen molar-refractivity contribution in [3.05, 3.63) is 33.8 Å². The highest BCUT2D eigenvalue weighted by Crippen LogP contribution is 2.31. The summed E-state index contributed by atoms with van der Waals surface area (Å²) < 4.78 is 0. The van der Waals surface area contributed by atoms with Gasteiger partial charge in [0.05, 0.1) is 16.6 Å². The Morgan fingerprint density at radius 1 is 1.13 bits per heavy atom. The molecule has 0 bridgehead atoms. The van der Waals surface area contributed by atoms with Crippen LogP contribution in [-0.4, -0.2) is 85.9 Å². The molecule has 8 heteroatoms. The van der Waals surface area contributed by atoms with Gasteiger partial charge in [-0.2, -0.15) is 0 Å². The van der Waals surface area contributed by atoms with Crippen LogP contribution in [0.25, 0.3) is 0 Å². The van der Waals surface area contributed by atoms with E-state index in [1.807, 2.05) is 19.0 Å². The summed E-state index contributed by atoms with van der Waals surface area (Å²) in [6.45, 7) is 4.05. The summed E-state index contributed by atoms with van der Waals surface area (Å²) >= 11 is 12.2. The second-order valence-electron chi connectivity index (χ2n) is 8.54. The first kappa shape index (κ1) is 23.3. The fraction of sp³-hybridized carbons (Fsp3) is 0.636. The molecule has 3 rings (SSSR count). The van der Waals surface area contributed by atoms with E-state index in [2.05, 4.69) is 15.1 Å². The zero-order chi connectivity index (χ0) is 21.7.